The van der Waals surface area contributed by atoms with Gasteiger partial charge in [-0.05, 0) is 18.2 Å². The van der Waals surface area contributed by atoms with E-state index >= 15 is 0 Å². The second-order valence-electron chi connectivity index (χ2n) is 5.17. The van der Waals surface area contributed by atoms with Crippen LogP contribution in [0.3, 0.4) is 0 Å². The Hall–Kier alpha value is -3.09. The lowest BCUT2D eigenvalue weighted by Crippen LogP contribution is -2.25. The lowest BCUT2D eigenvalue weighted by molar-refractivity contribution is 0.0945. The van der Waals surface area contributed by atoms with E-state index in [9.17, 15) is 4.79 Å². The number of nitrogens with zero attached hydrogens (tertiary/aromatic N) is 5. The molecule has 1 aromatic carbocycles. The lowest BCUT2D eigenvalue weighted by Gasteiger charge is -2.11. The molecule has 0 spiro atoms. The van der Waals surface area contributed by atoms with Gasteiger partial charge in [0.1, 0.15) is 5.69 Å². The molecule has 1 N–H and O–H groups in total. The van der Waals surface area contributed by atoms with Crippen LogP contribution in [0.1, 0.15) is 16.2 Å². The molecule has 0 radical (unpaired) electrons. The van der Waals surface area contributed by atoms with Gasteiger partial charge in [0.05, 0.1) is 29.5 Å². The van der Waals surface area contributed by atoms with Crippen molar-refractivity contribution in [1.82, 2.24) is 25.3 Å². The van der Waals surface area contributed by atoms with Crippen LogP contribution >= 0.6 is 0 Å². The average Bonchev–Trinajstić information content (AvgIpc) is 2.59. The predicted octanol–water partition coefficient (Wildman–Crippen LogP) is 1.42. The fourth-order valence-electron chi connectivity index (χ4n) is 2.03. The van der Waals surface area contributed by atoms with E-state index in [0.29, 0.717) is 18.0 Å². The Balaban J connectivity index is 1.72. The molecule has 1 amide bonds. The van der Waals surface area contributed by atoms with Crippen molar-refractivity contribution in [3.05, 3.63) is 54.1 Å². The van der Waals surface area contributed by atoms with Crippen molar-refractivity contribution in [3.8, 4) is 0 Å². The number of nitrogens with one attached hydrogen (secondary N) is 1. The first kappa shape index (κ1) is 14.8. The number of carbonyl (C=O) groups excluding carboxylic acids is 1. The Bertz CT molecular complexity index is 849. The third kappa shape index (κ3) is 3.39. The summed E-state index contributed by atoms with van der Waals surface area (Å²) in [6, 6.07) is 9.19. The zero-order valence-corrected chi connectivity index (χ0v) is 12.9. The molecule has 7 heteroatoms. The van der Waals surface area contributed by atoms with Crippen LogP contribution in [0.25, 0.3) is 11.0 Å². The first-order valence-electron chi connectivity index (χ1n) is 7.13. The number of fused-ring (bicyclic) bond motifs is 1. The highest BCUT2D eigenvalue weighted by molar-refractivity contribution is 5.93. The minimum atomic E-state index is -0.284. The van der Waals surface area contributed by atoms with Gasteiger partial charge in [-0.1, -0.05) is 12.1 Å². The number of hydrogen-bond donors (Lipinski definition) is 1. The van der Waals surface area contributed by atoms with Crippen molar-refractivity contribution in [2.45, 2.75) is 6.54 Å². The number of aromatic nitrogens is 4. The Morgan fingerprint density at radius 3 is 2.65 bits per heavy atom. The summed E-state index contributed by atoms with van der Waals surface area (Å²) in [5.41, 5.74) is 2.46. The van der Waals surface area contributed by atoms with Gasteiger partial charge in [-0.3, -0.25) is 9.78 Å². The molecule has 0 saturated heterocycles. The molecule has 0 fully saturated rings. The first-order valence-corrected chi connectivity index (χ1v) is 7.13. The zero-order valence-electron chi connectivity index (χ0n) is 12.9. The van der Waals surface area contributed by atoms with Gasteiger partial charge in [0.2, 0.25) is 5.95 Å². The Morgan fingerprint density at radius 1 is 1.09 bits per heavy atom. The number of anilines is 1. The summed E-state index contributed by atoms with van der Waals surface area (Å²) in [6.07, 6.45) is 3.14. The minimum absolute atomic E-state index is 0.283. The molecule has 3 rings (SSSR count). The van der Waals surface area contributed by atoms with Gasteiger partial charge in [-0.2, -0.15) is 0 Å². The van der Waals surface area contributed by atoms with Crippen LogP contribution in [-0.2, 0) is 6.54 Å². The largest absolute Gasteiger partial charge is 0.347 e. The van der Waals surface area contributed by atoms with E-state index < -0.39 is 0 Å². The number of hydrogen-bond acceptors (Lipinski definition) is 6. The van der Waals surface area contributed by atoms with Crippen LogP contribution in [0.5, 0.6) is 0 Å². The fraction of sp³-hybridized carbons (Fsp3) is 0.188. The molecule has 0 saturated carbocycles. The zero-order chi connectivity index (χ0) is 16.2. The molecular weight excluding hydrogens is 292 g/mol. The second kappa shape index (κ2) is 6.35. The molecule has 0 bridgehead atoms. The molecule has 3 aromatic rings. The first-order chi connectivity index (χ1) is 11.1. The Kier molecular flexibility index (Phi) is 4.09. The van der Waals surface area contributed by atoms with Crippen molar-refractivity contribution in [2.75, 3.05) is 19.0 Å². The quantitative estimate of drug-likeness (QED) is 0.784. The number of benzene rings is 1. The van der Waals surface area contributed by atoms with Gasteiger partial charge >= 0.3 is 0 Å². The summed E-state index contributed by atoms with van der Waals surface area (Å²) >= 11 is 0. The maximum atomic E-state index is 12.2. The van der Waals surface area contributed by atoms with E-state index in [1.54, 1.807) is 17.2 Å². The molecule has 7 nitrogen and oxygen atoms in total. The van der Waals surface area contributed by atoms with Gasteiger partial charge in [0.15, 0.2) is 0 Å². The Labute approximate surface area is 133 Å². The van der Waals surface area contributed by atoms with Gasteiger partial charge in [0, 0.05) is 20.3 Å². The number of rotatable bonds is 4. The van der Waals surface area contributed by atoms with E-state index in [1.807, 2.05) is 38.4 Å². The third-order valence-electron chi connectivity index (χ3n) is 3.21. The second-order valence-corrected chi connectivity index (χ2v) is 5.17. The SMILES string of the molecule is CN(C)c1nccc(CNC(=O)c2cnc3ccccc3n2)n1. The van der Waals surface area contributed by atoms with Crippen molar-refractivity contribution < 1.29 is 4.79 Å². The van der Waals surface area contributed by atoms with Crippen LogP contribution in [0.15, 0.2) is 42.7 Å². The molecule has 23 heavy (non-hydrogen) atoms. The molecule has 0 aliphatic rings. The monoisotopic (exact) mass is 308 g/mol. The van der Waals surface area contributed by atoms with E-state index in [-0.39, 0.29) is 11.6 Å². The highest BCUT2D eigenvalue weighted by atomic mass is 16.1. The number of amides is 1. The minimum Gasteiger partial charge on any atom is -0.347 e. The predicted molar refractivity (Wildman–Crippen MR) is 87.1 cm³/mol. The molecule has 2 aromatic heterocycles. The van der Waals surface area contributed by atoms with Crippen LogP contribution in [-0.4, -0.2) is 39.9 Å². The van der Waals surface area contributed by atoms with Crippen molar-refractivity contribution in [3.63, 3.8) is 0 Å². The molecular formula is C16H16N6O. The van der Waals surface area contributed by atoms with Crippen molar-refractivity contribution >= 4 is 22.9 Å². The average molecular weight is 308 g/mol. The normalized spacial score (nSPS) is 10.5. The van der Waals surface area contributed by atoms with E-state index in [1.165, 1.54) is 6.20 Å². The van der Waals surface area contributed by atoms with Crippen LogP contribution < -0.4 is 10.2 Å². The summed E-state index contributed by atoms with van der Waals surface area (Å²) in [6.45, 7) is 0.302. The van der Waals surface area contributed by atoms with Crippen LogP contribution in [0, 0.1) is 0 Å². The van der Waals surface area contributed by atoms with E-state index in [0.717, 1.165) is 11.2 Å². The fourth-order valence-corrected chi connectivity index (χ4v) is 2.03. The van der Waals surface area contributed by atoms with Crippen molar-refractivity contribution in [2.24, 2.45) is 0 Å². The molecule has 2 heterocycles. The highest BCUT2D eigenvalue weighted by Crippen LogP contribution is 2.08. The van der Waals surface area contributed by atoms with Gasteiger partial charge in [-0.15, -0.1) is 0 Å². The summed E-state index contributed by atoms with van der Waals surface area (Å²) in [7, 11) is 3.73. The van der Waals surface area contributed by atoms with Gasteiger partial charge < -0.3 is 10.2 Å². The van der Waals surface area contributed by atoms with Crippen molar-refractivity contribution in [1.29, 1.82) is 0 Å². The number of para-hydroxylation sites is 2. The molecule has 0 aliphatic carbocycles. The van der Waals surface area contributed by atoms with Gasteiger partial charge in [0.25, 0.3) is 5.91 Å². The molecule has 0 atom stereocenters. The standard InChI is InChI=1S/C16H16N6O/c1-22(2)16-17-8-7-11(20-16)9-19-15(23)14-10-18-12-5-3-4-6-13(12)21-14/h3-8,10H,9H2,1-2H3,(H,19,23). The van der Waals surface area contributed by atoms with Crippen LogP contribution in [0.2, 0.25) is 0 Å². The van der Waals surface area contributed by atoms with Gasteiger partial charge in [-0.25, -0.2) is 15.0 Å². The lowest BCUT2D eigenvalue weighted by atomic mass is 10.3. The topological polar surface area (TPSA) is 83.9 Å². The smallest absolute Gasteiger partial charge is 0.271 e. The highest BCUT2D eigenvalue weighted by Gasteiger charge is 2.09. The molecule has 0 aliphatic heterocycles. The summed E-state index contributed by atoms with van der Waals surface area (Å²) < 4.78 is 0. The van der Waals surface area contributed by atoms with E-state index in [4.69, 9.17) is 0 Å². The third-order valence-corrected chi connectivity index (χ3v) is 3.21. The summed E-state index contributed by atoms with van der Waals surface area (Å²) in [4.78, 5) is 31.1. The number of carbonyl (C=O) groups is 1. The molecule has 0 unspecified atom stereocenters. The maximum Gasteiger partial charge on any atom is 0.271 e. The van der Waals surface area contributed by atoms with Crippen LogP contribution in [0.4, 0.5) is 5.95 Å². The Morgan fingerprint density at radius 2 is 1.87 bits per heavy atom. The van der Waals surface area contributed by atoms with E-state index in [2.05, 4.69) is 25.3 Å². The molecule has 116 valence electrons. The maximum absolute atomic E-state index is 12.2. The summed E-state index contributed by atoms with van der Waals surface area (Å²) in [5, 5.41) is 2.80. The summed E-state index contributed by atoms with van der Waals surface area (Å²) in [5.74, 6) is 0.315.